The van der Waals surface area contributed by atoms with Gasteiger partial charge in [0.15, 0.2) is 4.60 Å². The van der Waals surface area contributed by atoms with Gasteiger partial charge in [-0.15, -0.1) is 0 Å². The van der Waals surface area contributed by atoms with E-state index in [2.05, 4.69) is 45.5 Å². The number of ether oxygens (including phenoxy) is 2. The first-order valence-electron chi connectivity index (χ1n) is 8.70. The molecule has 0 atom stereocenters. The lowest BCUT2D eigenvalue weighted by atomic mass is 10.4. The highest BCUT2D eigenvalue weighted by molar-refractivity contribution is 9.10. The standard InChI is InChI=1S/C17H21BrCl2FN3O4SSi/c1-27-17-16(23-15(21)14(18)22-17)24(10-28-8-9-30(2,3)4)29(25,26)12-7-5-6-11(19)13(12)20/h5-7H,8-10H2,1-4H3. The first kappa shape index (κ1) is 25.3. The largest absolute Gasteiger partial charge is 0.478 e. The predicted octanol–water partition coefficient (Wildman–Crippen LogP) is 5.20. The molecule has 0 bridgehead atoms. The third-order valence-electron chi connectivity index (χ3n) is 3.88. The molecule has 1 heterocycles. The molecule has 1 aromatic heterocycles. The maximum atomic E-state index is 14.2. The zero-order valence-corrected chi connectivity index (χ0v) is 21.7. The van der Waals surface area contributed by atoms with Gasteiger partial charge in [-0.25, -0.2) is 12.7 Å². The number of nitrogens with zero attached hydrogens (tertiary/aromatic N) is 3. The van der Waals surface area contributed by atoms with Crippen molar-refractivity contribution in [3.8, 4) is 5.88 Å². The van der Waals surface area contributed by atoms with Crippen molar-refractivity contribution >= 4 is 63.0 Å². The molecule has 0 aliphatic carbocycles. The maximum absolute atomic E-state index is 14.2. The molecule has 0 fully saturated rings. The van der Waals surface area contributed by atoms with E-state index in [1.807, 2.05) is 0 Å². The fraction of sp³-hybridized carbons (Fsp3) is 0.412. The Morgan fingerprint density at radius 1 is 1.23 bits per heavy atom. The average molecular weight is 561 g/mol. The van der Waals surface area contributed by atoms with Crippen LogP contribution in [0.15, 0.2) is 27.7 Å². The molecule has 166 valence electrons. The summed E-state index contributed by atoms with van der Waals surface area (Å²) < 4.78 is 52.3. The van der Waals surface area contributed by atoms with Crippen molar-refractivity contribution in [2.75, 3.05) is 24.8 Å². The number of rotatable bonds is 9. The van der Waals surface area contributed by atoms with Crippen molar-refractivity contribution in [3.63, 3.8) is 0 Å². The summed E-state index contributed by atoms with van der Waals surface area (Å²) in [6.45, 7) is 6.36. The number of anilines is 1. The summed E-state index contributed by atoms with van der Waals surface area (Å²) in [6.07, 6.45) is 0. The minimum absolute atomic E-state index is 0.0531. The average Bonchev–Trinajstić information content (AvgIpc) is 2.64. The van der Waals surface area contributed by atoms with Crippen LogP contribution >= 0.6 is 39.1 Å². The summed E-state index contributed by atoms with van der Waals surface area (Å²) >= 11 is 15.0. The molecule has 13 heteroatoms. The van der Waals surface area contributed by atoms with Crippen LogP contribution in [0.2, 0.25) is 35.7 Å². The zero-order valence-electron chi connectivity index (χ0n) is 16.7. The van der Waals surface area contributed by atoms with E-state index in [4.69, 9.17) is 32.7 Å². The topological polar surface area (TPSA) is 81.6 Å². The number of hydrogen-bond acceptors (Lipinski definition) is 6. The second-order valence-corrected chi connectivity index (χ2v) is 16.4. The number of methoxy groups -OCH3 is 1. The Morgan fingerprint density at radius 3 is 2.50 bits per heavy atom. The number of benzene rings is 1. The SMILES string of the molecule is COc1nc(Br)c(F)nc1N(COCC[Si](C)(C)C)S(=O)(=O)c1cccc(Cl)c1Cl. The first-order valence-corrected chi connectivity index (χ1v) is 15.4. The smallest absolute Gasteiger partial charge is 0.269 e. The van der Waals surface area contributed by atoms with Crippen molar-refractivity contribution < 1.29 is 22.3 Å². The van der Waals surface area contributed by atoms with Crippen LogP contribution in [0.1, 0.15) is 0 Å². The number of halogens is 4. The van der Waals surface area contributed by atoms with Crippen LogP contribution in [0.4, 0.5) is 10.2 Å². The highest BCUT2D eigenvalue weighted by atomic mass is 79.9. The van der Waals surface area contributed by atoms with Gasteiger partial charge in [0.1, 0.15) is 11.6 Å². The summed E-state index contributed by atoms with van der Waals surface area (Å²) in [5.74, 6) is -1.59. The second-order valence-electron chi connectivity index (χ2n) is 7.39. The molecule has 0 saturated heterocycles. The Bertz CT molecular complexity index is 1020. The highest BCUT2D eigenvalue weighted by Gasteiger charge is 2.33. The minimum Gasteiger partial charge on any atom is -0.478 e. The van der Waals surface area contributed by atoms with E-state index in [-0.39, 0.29) is 31.2 Å². The van der Waals surface area contributed by atoms with Gasteiger partial charge in [-0.1, -0.05) is 48.9 Å². The van der Waals surface area contributed by atoms with Crippen molar-refractivity contribution in [1.29, 1.82) is 0 Å². The van der Waals surface area contributed by atoms with Crippen molar-refractivity contribution in [3.05, 3.63) is 38.8 Å². The molecule has 30 heavy (non-hydrogen) atoms. The van der Waals surface area contributed by atoms with E-state index < -0.39 is 30.8 Å². The fourth-order valence-electron chi connectivity index (χ4n) is 2.24. The summed E-state index contributed by atoms with van der Waals surface area (Å²) in [5.41, 5.74) is 0. The van der Waals surface area contributed by atoms with E-state index in [0.717, 1.165) is 10.3 Å². The first-order chi connectivity index (χ1) is 13.9. The maximum Gasteiger partial charge on any atom is 0.269 e. The van der Waals surface area contributed by atoms with Gasteiger partial charge in [-0.05, 0) is 34.1 Å². The fourth-order valence-corrected chi connectivity index (χ4v) is 5.28. The van der Waals surface area contributed by atoms with Crippen molar-refractivity contribution in [2.24, 2.45) is 0 Å². The lowest BCUT2D eigenvalue weighted by Crippen LogP contribution is -2.35. The molecule has 0 spiro atoms. The molecule has 0 N–H and O–H groups in total. The van der Waals surface area contributed by atoms with Crippen LogP contribution in [0.5, 0.6) is 5.88 Å². The van der Waals surface area contributed by atoms with E-state index >= 15 is 0 Å². The van der Waals surface area contributed by atoms with Gasteiger partial charge < -0.3 is 9.47 Å². The normalized spacial score (nSPS) is 12.1. The van der Waals surface area contributed by atoms with Crippen molar-refractivity contribution in [2.45, 2.75) is 30.6 Å². The Morgan fingerprint density at radius 2 is 1.90 bits per heavy atom. The summed E-state index contributed by atoms with van der Waals surface area (Å²) in [4.78, 5) is 7.30. The molecule has 0 radical (unpaired) electrons. The van der Waals surface area contributed by atoms with Crippen molar-refractivity contribution in [1.82, 2.24) is 9.97 Å². The molecule has 7 nitrogen and oxygen atoms in total. The van der Waals surface area contributed by atoms with Crippen LogP contribution in [0.25, 0.3) is 0 Å². The molecule has 0 saturated carbocycles. The molecule has 0 amide bonds. The van der Waals surface area contributed by atoms with Gasteiger partial charge in [0.2, 0.25) is 11.8 Å². The molecular weight excluding hydrogens is 540 g/mol. The van der Waals surface area contributed by atoms with Gasteiger partial charge in [-0.2, -0.15) is 14.4 Å². The Balaban J connectivity index is 2.54. The third kappa shape index (κ3) is 6.04. The molecular formula is C17H21BrCl2FN3O4SSi. The predicted molar refractivity (Wildman–Crippen MR) is 121 cm³/mol. The molecule has 0 aliphatic heterocycles. The lowest BCUT2D eigenvalue weighted by molar-refractivity contribution is 0.155. The molecule has 2 aromatic rings. The second kappa shape index (κ2) is 10.1. The van der Waals surface area contributed by atoms with E-state index in [1.165, 1.54) is 25.3 Å². The Kier molecular flexibility index (Phi) is 8.50. The minimum atomic E-state index is -4.35. The van der Waals surface area contributed by atoms with Crippen LogP contribution in [-0.2, 0) is 14.8 Å². The molecule has 1 aromatic carbocycles. The van der Waals surface area contributed by atoms with Crippen LogP contribution in [0, 0.1) is 5.95 Å². The van der Waals surface area contributed by atoms with Gasteiger partial charge in [0.05, 0.1) is 17.2 Å². The highest BCUT2D eigenvalue weighted by Crippen LogP contribution is 2.35. The van der Waals surface area contributed by atoms with Crippen LogP contribution in [0.3, 0.4) is 0 Å². The van der Waals surface area contributed by atoms with Gasteiger partial charge in [0.25, 0.3) is 15.9 Å². The monoisotopic (exact) mass is 559 g/mol. The number of aromatic nitrogens is 2. The molecule has 0 unspecified atom stereocenters. The van der Waals surface area contributed by atoms with Gasteiger partial charge >= 0.3 is 0 Å². The van der Waals surface area contributed by atoms with Crippen LogP contribution < -0.4 is 9.04 Å². The van der Waals surface area contributed by atoms with E-state index in [9.17, 15) is 12.8 Å². The summed E-state index contributed by atoms with van der Waals surface area (Å²) in [7, 11) is -4.50. The quantitative estimate of drug-likeness (QED) is 0.238. The third-order valence-corrected chi connectivity index (χ3v) is 8.78. The Hall–Kier alpha value is -0.983. The van der Waals surface area contributed by atoms with Gasteiger partial charge in [0, 0.05) is 14.7 Å². The Labute approximate surface area is 194 Å². The van der Waals surface area contributed by atoms with Gasteiger partial charge in [-0.3, -0.25) is 0 Å². The summed E-state index contributed by atoms with van der Waals surface area (Å²) in [6, 6.07) is 4.98. The molecule has 0 aliphatic rings. The zero-order chi connectivity index (χ0) is 22.7. The lowest BCUT2D eigenvalue weighted by Gasteiger charge is -2.25. The van der Waals surface area contributed by atoms with Crippen LogP contribution in [-0.4, -0.2) is 46.9 Å². The number of hydrogen-bond donors (Lipinski definition) is 0. The van der Waals surface area contributed by atoms with E-state index in [1.54, 1.807) is 0 Å². The van der Waals surface area contributed by atoms with E-state index in [0.29, 0.717) is 6.61 Å². The molecule has 2 rings (SSSR count). The summed E-state index contributed by atoms with van der Waals surface area (Å²) in [5, 5.41) is -0.117. The number of sulfonamides is 1.